The first-order valence-electron chi connectivity index (χ1n) is 11.3. The molecule has 0 spiro atoms. The van der Waals surface area contributed by atoms with Gasteiger partial charge in [0.15, 0.2) is 11.8 Å². The maximum atomic E-state index is 14.6. The van der Waals surface area contributed by atoms with Crippen LogP contribution in [0.5, 0.6) is 0 Å². The minimum atomic E-state index is -0.511. The average Bonchev–Trinajstić information content (AvgIpc) is 3.61. The Morgan fingerprint density at radius 1 is 1.31 bits per heavy atom. The summed E-state index contributed by atoms with van der Waals surface area (Å²) >= 11 is 8.07. The molecule has 8 nitrogen and oxygen atoms in total. The van der Waals surface area contributed by atoms with Crippen molar-refractivity contribution in [1.82, 2.24) is 20.5 Å². The van der Waals surface area contributed by atoms with Crippen LogP contribution in [0.2, 0.25) is 0 Å². The quantitative estimate of drug-likeness (QED) is 0.536. The maximum Gasteiger partial charge on any atom is 0.198 e. The van der Waals surface area contributed by atoms with Gasteiger partial charge < -0.3 is 26.0 Å². The van der Waals surface area contributed by atoms with E-state index >= 15 is 0 Å². The number of nitrogens with two attached hydrogens (primary N) is 1. The second-order valence-electron chi connectivity index (χ2n) is 8.58. The number of nitrogens with one attached hydrogen (secondary N) is 2. The summed E-state index contributed by atoms with van der Waals surface area (Å²) in [6.45, 7) is 2.69. The first-order valence-corrected chi connectivity index (χ1v) is 12.5. The third kappa shape index (κ3) is 3.89. The van der Waals surface area contributed by atoms with Gasteiger partial charge in [-0.15, -0.1) is 11.3 Å². The molecular formula is C24H25ClFN7OS. The molecule has 0 radical (unpaired) electrons. The molecule has 0 saturated carbocycles. The maximum absolute atomic E-state index is 14.6. The lowest BCUT2D eigenvalue weighted by atomic mass is 9.83. The number of nitriles is 1. The molecule has 4 N–H and O–H groups in total. The average molecular weight is 514 g/mol. The highest BCUT2D eigenvalue weighted by molar-refractivity contribution is 7.23. The molecule has 5 heterocycles. The largest absolute Gasteiger partial charge is 0.389 e. The molecule has 11 heteroatoms. The molecule has 182 valence electrons. The fourth-order valence-electron chi connectivity index (χ4n) is 4.83. The smallest absolute Gasteiger partial charge is 0.198 e. The van der Waals surface area contributed by atoms with E-state index in [1.807, 2.05) is 20.3 Å². The zero-order valence-electron chi connectivity index (χ0n) is 19.4. The second kappa shape index (κ2) is 9.59. The Hall–Kier alpha value is -2.97. The van der Waals surface area contributed by atoms with Crippen LogP contribution in [0.25, 0.3) is 15.7 Å². The predicted molar refractivity (Wildman–Crippen MR) is 138 cm³/mol. The molecule has 4 aliphatic rings. The fraction of sp³-hybridized carbons (Fsp3) is 0.375. The normalized spacial score (nSPS) is 21.1. The van der Waals surface area contributed by atoms with Gasteiger partial charge in [0.2, 0.25) is 0 Å². The molecule has 2 aromatic rings. The SMILES string of the molecule is CNC.N#Cc1c(N)sc2c(F)cnc(C3=C(Cl)C4N=C(N5CCCC5)NC=C4C4=C3COC4)c12. The molecule has 0 aromatic carbocycles. The predicted octanol–water partition coefficient (Wildman–Crippen LogP) is 3.32. The van der Waals surface area contributed by atoms with E-state index in [0.717, 1.165) is 66.1 Å². The minimum Gasteiger partial charge on any atom is -0.389 e. The van der Waals surface area contributed by atoms with Gasteiger partial charge in [-0.3, -0.25) is 4.98 Å². The number of anilines is 1. The van der Waals surface area contributed by atoms with E-state index in [1.54, 1.807) is 0 Å². The Morgan fingerprint density at radius 2 is 2.03 bits per heavy atom. The highest BCUT2D eigenvalue weighted by atomic mass is 35.5. The summed E-state index contributed by atoms with van der Waals surface area (Å²) in [5.41, 5.74) is 10.2. The first-order chi connectivity index (χ1) is 17.0. The van der Waals surface area contributed by atoms with Crippen LogP contribution in [0.3, 0.4) is 0 Å². The molecule has 1 atom stereocenters. The number of hydrogen-bond donors (Lipinski definition) is 3. The van der Waals surface area contributed by atoms with Crippen molar-refractivity contribution in [3.63, 3.8) is 0 Å². The molecule has 1 fully saturated rings. The number of guanidine groups is 1. The van der Waals surface area contributed by atoms with Crippen molar-refractivity contribution in [3.8, 4) is 6.07 Å². The van der Waals surface area contributed by atoms with Crippen LogP contribution in [0, 0.1) is 17.1 Å². The Labute approximate surface area is 211 Å². The monoisotopic (exact) mass is 513 g/mol. The summed E-state index contributed by atoms with van der Waals surface area (Å²) in [5, 5.41) is 16.9. The number of nitrogen functional groups attached to an aromatic ring is 1. The van der Waals surface area contributed by atoms with E-state index in [4.69, 9.17) is 27.1 Å². The molecule has 2 aromatic heterocycles. The van der Waals surface area contributed by atoms with Crippen molar-refractivity contribution in [2.45, 2.75) is 18.9 Å². The first kappa shape index (κ1) is 23.8. The number of aromatic nitrogens is 1. The molecule has 35 heavy (non-hydrogen) atoms. The molecule has 1 saturated heterocycles. The van der Waals surface area contributed by atoms with Crippen molar-refractivity contribution < 1.29 is 9.13 Å². The number of pyridine rings is 1. The fourth-order valence-corrected chi connectivity index (χ4v) is 6.12. The van der Waals surface area contributed by atoms with Crippen LogP contribution in [-0.4, -0.2) is 62.3 Å². The van der Waals surface area contributed by atoms with Crippen molar-refractivity contribution >= 4 is 49.6 Å². The van der Waals surface area contributed by atoms with Gasteiger partial charge in [0, 0.05) is 35.8 Å². The van der Waals surface area contributed by atoms with Crippen molar-refractivity contribution in [2.24, 2.45) is 4.99 Å². The number of ether oxygens (including phenoxy) is 1. The number of aliphatic imine (C=N–C) groups is 1. The third-order valence-electron chi connectivity index (χ3n) is 6.34. The molecule has 0 bridgehead atoms. The van der Waals surface area contributed by atoms with Gasteiger partial charge in [0.25, 0.3) is 0 Å². The van der Waals surface area contributed by atoms with Crippen LogP contribution < -0.4 is 16.4 Å². The lowest BCUT2D eigenvalue weighted by Crippen LogP contribution is -2.42. The highest BCUT2D eigenvalue weighted by Gasteiger charge is 2.39. The highest BCUT2D eigenvalue weighted by Crippen LogP contribution is 2.48. The number of nitrogens with zero attached hydrogens (tertiary/aromatic N) is 4. The van der Waals surface area contributed by atoms with Gasteiger partial charge >= 0.3 is 0 Å². The van der Waals surface area contributed by atoms with E-state index in [9.17, 15) is 9.65 Å². The number of fused-ring (bicyclic) bond motifs is 3. The number of likely N-dealkylation sites (tertiary alicyclic amines) is 1. The third-order valence-corrected chi connectivity index (χ3v) is 7.76. The van der Waals surface area contributed by atoms with Crippen LogP contribution in [-0.2, 0) is 4.74 Å². The van der Waals surface area contributed by atoms with Crippen molar-refractivity contribution in [1.29, 1.82) is 5.26 Å². The topological polar surface area (TPSA) is 112 Å². The Balaban J connectivity index is 0.000000806. The van der Waals surface area contributed by atoms with Gasteiger partial charge in [0.1, 0.15) is 17.1 Å². The van der Waals surface area contributed by atoms with Gasteiger partial charge in [-0.25, -0.2) is 9.38 Å². The van der Waals surface area contributed by atoms with E-state index in [1.165, 1.54) is 0 Å². The van der Waals surface area contributed by atoms with E-state index in [0.29, 0.717) is 39.6 Å². The van der Waals surface area contributed by atoms with E-state index < -0.39 is 11.9 Å². The van der Waals surface area contributed by atoms with Crippen LogP contribution in [0.1, 0.15) is 24.1 Å². The Bertz CT molecular complexity index is 1360. The summed E-state index contributed by atoms with van der Waals surface area (Å²) in [6, 6.07) is 1.70. The number of hydrogen-bond acceptors (Lipinski definition) is 9. The van der Waals surface area contributed by atoms with Gasteiger partial charge in [-0.1, -0.05) is 11.6 Å². The molecule has 3 aliphatic heterocycles. The van der Waals surface area contributed by atoms with Crippen LogP contribution in [0.4, 0.5) is 9.39 Å². The number of rotatable bonds is 1. The minimum absolute atomic E-state index is 0.220. The molecule has 6 rings (SSSR count). The Morgan fingerprint density at radius 3 is 2.74 bits per heavy atom. The van der Waals surface area contributed by atoms with E-state index in [-0.39, 0.29) is 10.6 Å². The Kier molecular flexibility index (Phi) is 6.51. The van der Waals surface area contributed by atoms with Gasteiger partial charge in [-0.05, 0) is 38.1 Å². The standard InChI is InChI=1S/C22H18ClFN6OS.C2H7N/c23-17-15(19-16-10(5-25)21(26)32-20(16)14(24)7-27-19)13-9-31-8-12(13)11-6-28-22(29-18(11)17)30-3-1-2-4-30;1-3-2/h6-7,18H,1-4,8-9,26H2,(H,28,29);3H,1-2H3. The second-order valence-corrected chi connectivity index (χ2v) is 10.0. The summed E-state index contributed by atoms with van der Waals surface area (Å²) < 4.78 is 20.7. The summed E-state index contributed by atoms with van der Waals surface area (Å²) in [5.74, 6) is 0.287. The number of thiophene rings is 1. The number of halogens is 2. The van der Waals surface area contributed by atoms with Gasteiger partial charge in [-0.2, -0.15) is 5.26 Å². The summed E-state index contributed by atoms with van der Waals surface area (Å²) in [4.78, 5) is 11.6. The molecular weight excluding hydrogens is 489 g/mol. The molecule has 0 amide bonds. The van der Waals surface area contributed by atoms with Crippen LogP contribution >= 0.6 is 22.9 Å². The molecule has 1 aliphatic carbocycles. The molecule has 1 unspecified atom stereocenters. The summed E-state index contributed by atoms with van der Waals surface area (Å²) in [6.07, 6.45) is 5.39. The van der Waals surface area contributed by atoms with Crippen LogP contribution in [0.15, 0.2) is 39.1 Å². The lowest BCUT2D eigenvalue weighted by Gasteiger charge is -2.32. The zero-order chi connectivity index (χ0) is 24.7. The van der Waals surface area contributed by atoms with E-state index in [2.05, 4.69) is 26.6 Å². The van der Waals surface area contributed by atoms with Gasteiger partial charge in [0.05, 0.1) is 40.4 Å². The summed E-state index contributed by atoms with van der Waals surface area (Å²) in [7, 11) is 3.75. The van der Waals surface area contributed by atoms with Crippen molar-refractivity contribution in [2.75, 3.05) is 46.1 Å². The lowest BCUT2D eigenvalue weighted by molar-refractivity contribution is 0.207. The van der Waals surface area contributed by atoms with Crippen molar-refractivity contribution in [3.05, 3.63) is 51.2 Å². The zero-order valence-corrected chi connectivity index (χ0v) is 21.0.